The van der Waals surface area contributed by atoms with E-state index in [9.17, 15) is 0 Å². The van der Waals surface area contributed by atoms with Crippen LogP contribution in [0.15, 0.2) is 11.3 Å². The van der Waals surface area contributed by atoms with Gasteiger partial charge in [0.25, 0.3) is 6.69 Å². The molecule has 1 aliphatic heterocycles. The summed E-state index contributed by atoms with van der Waals surface area (Å²) in [6, 6.07) is 0.968. The van der Waals surface area contributed by atoms with Crippen molar-refractivity contribution >= 4 is 28.9 Å². The van der Waals surface area contributed by atoms with Gasteiger partial charge in [0.15, 0.2) is 0 Å². The molecule has 0 fully saturated rings. The Labute approximate surface area is 53.5 Å². The van der Waals surface area contributed by atoms with Crippen LogP contribution in [0.3, 0.4) is 0 Å². The largest absolute Gasteiger partial charge is 0.277 e. The van der Waals surface area contributed by atoms with Crippen molar-refractivity contribution in [1.29, 1.82) is 0 Å². The van der Waals surface area contributed by atoms with Gasteiger partial charge in [-0.2, -0.15) is 0 Å². The second kappa shape index (κ2) is 1.51. The van der Waals surface area contributed by atoms with Crippen molar-refractivity contribution in [1.82, 2.24) is 0 Å². The molecule has 0 saturated heterocycles. The number of hydrogen-bond acceptors (Lipinski definition) is 0. The van der Waals surface area contributed by atoms with Crippen molar-refractivity contribution in [3.05, 3.63) is 11.3 Å². The normalized spacial score (nSPS) is 25.9. The summed E-state index contributed by atoms with van der Waals surface area (Å²) in [7, 11) is 0. The van der Waals surface area contributed by atoms with E-state index in [0.29, 0.717) is 0 Å². The van der Waals surface area contributed by atoms with E-state index in [1.54, 1.807) is 0 Å². The van der Waals surface area contributed by atoms with Crippen LogP contribution >= 0.6 is 22.2 Å². The van der Waals surface area contributed by atoms with Gasteiger partial charge in [-0.3, -0.25) is 0 Å². The Morgan fingerprint density at radius 1 is 1.71 bits per heavy atom. The lowest BCUT2D eigenvalue weighted by Gasteiger charge is -2.22. The zero-order valence-corrected chi connectivity index (χ0v) is 6.55. The molecule has 0 radical (unpaired) electrons. The molecule has 1 aliphatic rings. The molecule has 0 aromatic heterocycles. The summed E-state index contributed by atoms with van der Waals surface area (Å²) in [6.07, 6.45) is 0. The molecule has 0 aromatic rings. The van der Waals surface area contributed by atoms with Gasteiger partial charge in [-0.25, -0.2) is 0 Å². The summed E-state index contributed by atoms with van der Waals surface area (Å²) in [5, 5.41) is 0. The lowest BCUT2D eigenvalue weighted by Crippen LogP contribution is -2.24. The van der Waals surface area contributed by atoms with Crippen LogP contribution < -0.4 is 0 Å². The minimum absolute atomic E-state index is 0.968. The molecule has 1 rings (SSSR count). The highest BCUT2D eigenvalue weighted by Gasteiger charge is 2.33. The summed E-state index contributed by atoms with van der Waals surface area (Å²) in [5.74, 6) is 0. The molecule has 0 aliphatic carbocycles. The van der Waals surface area contributed by atoms with E-state index in [-0.39, 0.29) is 0 Å². The molecule has 40 valence electrons. The average molecular weight is 153 g/mol. The molecule has 0 amide bonds. The predicted molar refractivity (Wildman–Crippen MR) is 36.0 cm³/mol. The van der Waals surface area contributed by atoms with E-state index in [0.717, 1.165) is 6.04 Å². The molecule has 7 heavy (non-hydrogen) atoms. The van der Waals surface area contributed by atoms with Crippen LogP contribution in [0, 0.1) is 0 Å². The Kier molecular flexibility index (Phi) is 1.22. The fraction of sp³-hybridized carbons (Fsp3) is 0.500. The summed E-state index contributed by atoms with van der Waals surface area (Å²) in [5.41, 5.74) is 3.34. The van der Waals surface area contributed by atoms with Crippen molar-refractivity contribution in [2.75, 3.05) is 0 Å². The second-order valence-corrected chi connectivity index (χ2v) is 8.72. The van der Waals surface area contributed by atoms with Gasteiger partial charge < -0.3 is 0 Å². The van der Waals surface area contributed by atoms with E-state index in [1.165, 1.54) is 5.57 Å². The highest BCUT2D eigenvalue weighted by Crippen LogP contribution is 2.35. The molecule has 3 heteroatoms. The van der Waals surface area contributed by atoms with Gasteiger partial charge in [0.1, 0.15) is 0 Å². The Bertz CT molecular complexity index is 117. The molecular formula is C4H6Cl2Si. The first-order valence-corrected chi connectivity index (χ1v) is 6.47. The van der Waals surface area contributed by atoms with Crippen LogP contribution in [0.5, 0.6) is 0 Å². The fourth-order valence-corrected chi connectivity index (χ4v) is 4.49. The maximum Gasteiger partial charge on any atom is 0.277 e. The number of hydrogen-bond donors (Lipinski definition) is 0. The lowest BCUT2D eigenvalue weighted by atomic mass is 10.4. The number of allylic oxidation sites excluding steroid dienone is 1. The fourth-order valence-electron chi connectivity index (χ4n) is 0.703. The molecular weight excluding hydrogens is 147 g/mol. The van der Waals surface area contributed by atoms with Crippen molar-refractivity contribution in [2.24, 2.45) is 0 Å². The Morgan fingerprint density at radius 2 is 2.14 bits per heavy atom. The molecule has 0 aromatic carbocycles. The molecule has 0 bridgehead atoms. The lowest BCUT2D eigenvalue weighted by molar-refractivity contribution is 1.32. The van der Waals surface area contributed by atoms with E-state index < -0.39 is 6.69 Å². The van der Waals surface area contributed by atoms with Crippen LogP contribution in [0.25, 0.3) is 0 Å². The zero-order chi connectivity index (χ0) is 5.49. The molecule has 0 unspecified atom stereocenters. The first-order chi connectivity index (χ1) is 3.10. The third-order valence-corrected chi connectivity index (χ3v) is 4.37. The van der Waals surface area contributed by atoms with Crippen LogP contribution in [0.4, 0.5) is 0 Å². The molecule has 0 nitrogen and oxygen atoms in total. The minimum Gasteiger partial charge on any atom is -0.140 e. The van der Waals surface area contributed by atoms with Gasteiger partial charge in [0.2, 0.25) is 0 Å². The van der Waals surface area contributed by atoms with E-state index in [4.69, 9.17) is 22.2 Å². The quantitative estimate of drug-likeness (QED) is 0.370. The smallest absolute Gasteiger partial charge is 0.140 e. The van der Waals surface area contributed by atoms with Gasteiger partial charge in [-0.15, -0.1) is 22.2 Å². The third kappa shape index (κ3) is 1.21. The van der Waals surface area contributed by atoms with Gasteiger partial charge >= 0.3 is 0 Å². The third-order valence-electron chi connectivity index (χ3n) is 0.972. The van der Waals surface area contributed by atoms with E-state index >= 15 is 0 Å². The molecule has 0 atom stereocenters. The summed E-state index contributed by atoms with van der Waals surface area (Å²) in [4.78, 5) is 0. The number of rotatable bonds is 0. The highest BCUT2D eigenvalue weighted by molar-refractivity contribution is 7.49. The molecule has 1 heterocycles. The SMILES string of the molecule is CC1=C[Si](Cl)(Cl)C1. The Hall–Kier alpha value is 0.537. The first-order valence-electron chi connectivity index (χ1n) is 2.16. The van der Waals surface area contributed by atoms with Crippen molar-refractivity contribution in [3.8, 4) is 0 Å². The zero-order valence-electron chi connectivity index (χ0n) is 4.04. The second-order valence-electron chi connectivity index (χ2n) is 1.93. The molecule has 0 N–H and O–H groups in total. The first kappa shape index (κ1) is 5.67. The van der Waals surface area contributed by atoms with Gasteiger partial charge in [0, 0.05) is 0 Å². The Balaban J connectivity index is 2.60. The number of halogens is 2. The van der Waals surface area contributed by atoms with Gasteiger partial charge in [0.05, 0.1) is 0 Å². The van der Waals surface area contributed by atoms with Crippen LogP contribution in [-0.4, -0.2) is 6.69 Å². The molecule has 0 spiro atoms. The summed E-state index contributed by atoms with van der Waals surface area (Å²) in [6.45, 7) is 0.320. The monoisotopic (exact) mass is 152 g/mol. The standard InChI is InChI=1S/C4H6Cl2Si/c1-4-2-7(5,6)3-4/h2H,3H2,1H3. The van der Waals surface area contributed by atoms with E-state index in [1.807, 2.05) is 5.70 Å². The highest BCUT2D eigenvalue weighted by atomic mass is 35.7. The van der Waals surface area contributed by atoms with Crippen LogP contribution in [0.1, 0.15) is 6.92 Å². The van der Waals surface area contributed by atoms with E-state index in [2.05, 4.69) is 6.92 Å². The van der Waals surface area contributed by atoms with Crippen molar-refractivity contribution in [2.45, 2.75) is 13.0 Å². The van der Waals surface area contributed by atoms with Crippen LogP contribution in [0.2, 0.25) is 6.04 Å². The average Bonchev–Trinajstić information content (AvgIpc) is 1.27. The van der Waals surface area contributed by atoms with Crippen molar-refractivity contribution in [3.63, 3.8) is 0 Å². The van der Waals surface area contributed by atoms with Crippen LogP contribution in [-0.2, 0) is 0 Å². The topological polar surface area (TPSA) is 0 Å². The minimum atomic E-state index is -1.73. The maximum atomic E-state index is 5.73. The Morgan fingerprint density at radius 3 is 2.14 bits per heavy atom. The predicted octanol–water partition coefficient (Wildman–Crippen LogP) is 2.41. The van der Waals surface area contributed by atoms with Crippen molar-refractivity contribution < 1.29 is 0 Å². The molecule has 0 saturated carbocycles. The summed E-state index contributed by atoms with van der Waals surface area (Å²) >= 11 is 11.5. The van der Waals surface area contributed by atoms with Gasteiger partial charge in [-0.1, -0.05) is 11.3 Å². The van der Waals surface area contributed by atoms with Gasteiger partial charge in [-0.05, 0) is 13.0 Å². The maximum absolute atomic E-state index is 5.73. The summed E-state index contributed by atoms with van der Waals surface area (Å²) < 4.78 is 0.